The maximum absolute atomic E-state index is 11.9. The molecule has 6 nitrogen and oxygen atoms in total. The van der Waals surface area contributed by atoms with Gasteiger partial charge in [0.1, 0.15) is 22.6 Å². The molecule has 0 aliphatic carbocycles. The van der Waals surface area contributed by atoms with Crippen LogP contribution in [0, 0.1) is 0 Å². The van der Waals surface area contributed by atoms with Gasteiger partial charge in [0.2, 0.25) is 0 Å². The molecule has 0 fully saturated rings. The maximum atomic E-state index is 11.9. The van der Waals surface area contributed by atoms with E-state index in [1.165, 1.54) is 26.4 Å². The molecule has 0 aromatic heterocycles. The van der Waals surface area contributed by atoms with Crippen molar-refractivity contribution in [3.63, 3.8) is 0 Å². The van der Waals surface area contributed by atoms with Gasteiger partial charge in [-0.1, -0.05) is 0 Å². The lowest BCUT2D eigenvalue weighted by atomic mass is 10.1. The topological polar surface area (TPSA) is 71.1 Å². The molecule has 0 unspecified atom stereocenters. The van der Waals surface area contributed by atoms with Crippen LogP contribution in [0.15, 0.2) is 12.1 Å². The fourth-order valence-electron chi connectivity index (χ4n) is 1.80. The molecule has 22 heavy (non-hydrogen) atoms. The van der Waals surface area contributed by atoms with Crippen LogP contribution in [-0.2, 0) is 9.47 Å². The minimum atomic E-state index is -0.569. The Morgan fingerprint density at radius 2 is 1.09 bits per heavy atom. The maximum Gasteiger partial charge on any atom is 0.341 e. The Bertz CT molecular complexity index is 498. The van der Waals surface area contributed by atoms with Crippen LogP contribution in [0.1, 0.15) is 48.4 Å². The summed E-state index contributed by atoms with van der Waals surface area (Å²) in [6.07, 6.45) is -0.350. The lowest BCUT2D eigenvalue weighted by Crippen LogP contribution is -2.16. The standard InChI is InChI=1S/C16H22O6/c1-9(2)21-13-7-12(16(18)20-6)14(22-10(3)4)8-11(13)15(17)19-5/h7-10H,1-6H3. The van der Waals surface area contributed by atoms with Gasteiger partial charge in [-0.05, 0) is 39.8 Å². The summed E-state index contributed by atoms with van der Waals surface area (Å²) in [6, 6.07) is 2.88. The third kappa shape index (κ3) is 4.38. The monoisotopic (exact) mass is 310 g/mol. The molecule has 0 saturated carbocycles. The molecule has 0 spiro atoms. The average Bonchev–Trinajstić information content (AvgIpc) is 2.45. The Labute approximate surface area is 130 Å². The quantitative estimate of drug-likeness (QED) is 0.752. The Balaban J connectivity index is 3.48. The third-order valence-corrected chi connectivity index (χ3v) is 2.62. The van der Waals surface area contributed by atoms with Crippen molar-refractivity contribution in [3.05, 3.63) is 23.3 Å². The first-order chi connectivity index (χ1) is 10.3. The lowest BCUT2D eigenvalue weighted by Gasteiger charge is -2.18. The predicted molar refractivity (Wildman–Crippen MR) is 80.6 cm³/mol. The Hall–Kier alpha value is -2.24. The van der Waals surface area contributed by atoms with E-state index in [1.54, 1.807) is 0 Å². The van der Waals surface area contributed by atoms with Gasteiger partial charge in [-0.3, -0.25) is 0 Å². The predicted octanol–water partition coefficient (Wildman–Crippen LogP) is 2.83. The van der Waals surface area contributed by atoms with Crippen molar-refractivity contribution in [2.45, 2.75) is 39.9 Å². The zero-order valence-electron chi connectivity index (χ0n) is 13.8. The van der Waals surface area contributed by atoms with Gasteiger partial charge in [0.15, 0.2) is 0 Å². The lowest BCUT2D eigenvalue weighted by molar-refractivity contribution is 0.0575. The van der Waals surface area contributed by atoms with Gasteiger partial charge >= 0.3 is 11.9 Å². The van der Waals surface area contributed by atoms with Crippen LogP contribution in [0.2, 0.25) is 0 Å². The van der Waals surface area contributed by atoms with Gasteiger partial charge in [-0.25, -0.2) is 9.59 Å². The first-order valence-electron chi connectivity index (χ1n) is 6.98. The summed E-state index contributed by atoms with van der Waals surface area (Å²) in [5.41, 5.74) is 0.388. The zero-order valence-corrected chi connectivity index (χ0v) is 13.8. The Morgan fingerprint density at radius 3 is 1.32 bits per heavy atom. The summed E-state index contributed by atoms with van der Waals surface area (Å²) in [4.78, 5) is 23.9. The molecule has 1 rings (SSSR count). The molecule has 0 amide bonds. The van der Waals surface area contributed by atoms with Gasteiger partial charge in [-0.2, -0.15) is 0 Å². The number of methoxy groups -OCH3 is 2. The summed E-state index contributed by atoms with van der Waals surface area (Å²) < 4.78 is 20.7. The van der Waals surface area contributed by atoms with Gasteiger partial charge in [0.05, 0.1) is 26.4 Å². The summed E-state index contributed by atoms with van der Waals surface area (Å²) >= 11 is 0. The van der Waals surface area contributed by atoms with Crippen LogP contribution < -0.4 is 9.47 Å². The van der Waals surface area contributed by atoms with Crippen LogP contribution in [0.4, 0.5) is 0 Å². The van der Waals surface area contributed by atoms with Crippen LogP contribution in [0.25, 0.3) is 0 Å². The second-order valence-corrected chi connectivity index (χ2v) is 5.16. The number of ether oxygens (including phenoxy) is 4. The van der Waals surface area contributed by atoms with E-state index in [1.807, 2.05) is 27.7 Å². The highest BCUT2D eigenvalue weighted by atomic mass is 16.5. The summed E-state index contributed by atoms with van der Waals surface area (Å²) in [6.45, 7) is 7.27. The molecule has 0 radical (unpaired) electrons. The molecule has 0 aliphatic heterocycles. The smallest absolute Gasteiger partial charge is 0.341 e. The van der Waals surface area contributed by atoms with Crippen LogP contribution in [0.5, 0.6) is 11.5 Å². The van der Waals surface area contributed by atoms with Crippen molar-refractivity contribution in [1.29, 1.82) is 0 Å². The first kappa shape index (κ1) is 17.8. The molecule has 0 atom stereocenters. The molecule has 0 heterocycles. The molecule has 1 aromatic carbocycles. The largest absolute Gasteiger partial charge is 0.490 e. The minimum absolute atomic E-state index is 0.175. The molecule has 0 N–H and O–H groups in total. The molecule has 6 heteroatoms. The number of carbonyl (C=O) groups is 2. The van der Waals surface area contributed by atoms with E-state index in [2.05, 4.69) is 0 Å². The number of rotatable bonds is 6. The highest BCUT2D eigenvalue weighted by molar-refractivity contribution is 5.98. The minimum Gasteiger partial charge on any atom is -0.490 e. The molecule has 1 aromatic rings. The van der Waals surface area contributed by atoms with Crippen molar-refractivity contribution in [3.8, 4) is 11.5 Å². The van der Waals surface area contributed by atoms with E-state index in [0.717, 1.165) is 0 Å². The van der Waals surface area contributed by atoms with E-state index in [9.17, 15) is 9.59 Å². The molecule has 0 bridgehead atoms. The van der Waals surface area contributed by atoms with Crippen molar-refractivity contribution in [2.24, 2.45) is 0 Å². The number of benzene rings is 1. The Kier molecular flexibility index (Phi) is 6.22. The summed E-state index contributed by atoms with van der Waals surface area (Å²) in [7, 11) is 2.55. The molecule has 0 saturated heterocycles. The van der Waals surface area contributed by atoms with Crippen molar-refractivity contribution < 1.29 is 28.5 Å². The highest BCUT2D eigenvalue weighted by Gasteiger charge is 2.23. The van der Waals surface area contributed by atoms with E-state index in [4.69, 9.17) is 18.9 Å². The number of carbonyl (C=O) groups excluding carboxylic acids is 2. The summed E-state index contributed by atoms with van der Waals surface area (Å²) in [5, 5.41) is 0. The molecular weight excluding hydrogens is 288 g/mol. The Morgan fingerprint density at radius 1 is 0.773 bits per heavy atom. The fourth-order valence-corrected chi connectivity index (χ4v) is 1.80. The average molecular weight is 310 g/mol. The fraction of sp³-hybridized carbons (Fsp3) is 0.500. The SMILES string of the molecule is COC(=O)c1cc(OC(C)C)c(C(=O)OC)cc1OC(C)C. The van der Waals surface area contributed by atoms with E-state index in [0.29, 0.717) is 0 Å². The van der Waals surface area contributed by atoms with Crippen molar-refractivity contribution >= 4 is 11.9 Å². The second kappa shape index (κ2) is 7.68. The van der Waals surface area contributed by atoms with Crippen molar-refractivity contribution in [1.82, 2.24) is 0 Å². The van der Waals surface area contributed by atoms with E-state index < -0.39 is 11.9 Å². The second-order valence-electron chi connectivity index (χ2n) is 5.16. The molecular formula is C16H22O6. The van der Waals surface area contributed by atoms with Crippen LogP contribution in [-0.4, -0.2) is 38.4 Å². The van der Waals surface area contributed by atoms with Crippen LogP contribution in [0.3, 0.4) is 0 Å². The number of esters is 2. The zero-order chi connectivity index (χ0) is 16.9. The van der Waals surface area contributed by atoms with Gasteiger partial charge in [-0.15, -0.1) is 0 Å². The molecule has 0 aliphatic rings. The number of hydrogen-bond donors (Lipinski definition) is 0. The van der Waals surface area contributed by atoms with E-state index >= 15 is 0 Å². The highest BCUT2D eigenvalue weighted by Crippen LogP contribution is 2.31. The van der Waals surface area contributed by atoms with Crippen LogP contribution >= 0.6 is 0 Å². The van der Waals surface area contributed by atoms with Gasteiger partial charge in [0.25, 0.3) is 0 Å². The van der Waals surface area contributed by atoms with Gasteiger partial charge < -0.3 is 18.9 Å². The first-order valence-corrected chi connectivity index (χ1v) is 6.98. The van der Waals surface area contributed by atoms with Crippen molar-refractivity contribution in [2.75, 3.05) is 14.2 Å². The number of hydrogen-bond acceptors (Lipinski definition) is 6. The van der Waals surface area contributed by atoms with E-state index in [-0.39, 0.29) is 34.8 Å². The summed E-state index contributed by atoms with van der Waals surface area (Å²) in [5.74, 6) is -0.641. The van der Waals surface area contributed by atoms with Gasteiger partial charge in [0, 0.05) is 0 Å². The molecule has 122 valence electrons. The normalized spacial score (nSPS) is 10.5. The third-order valence-electron chi connectivity index (χ3n) is 2.62.